The molecule has 0 atom stereocenters. The van der Waals surface area contributed by atoms with Crippen LogP contribution >= 0.6 is 0 Å². The number of nitrogens with zero attached hydrogens (tertiary/aromatic N) is 3. The normalized spacial score (nSPS) is 10.9. The quantitative estimate of drug-likeness (QED) is 0.591. The Labute approximate surface area is 118 Å². The Morgan fingerprint density at radius 2 is 0.947 bits per heavy atom. The first kappa shape index (κ1) is 16.1. The van der Waals surface area contributed by atoms with E-state index >= 15 is 0 Å². The molecular weight excluding hydrogens is 234 g/mol. The van der Waals surface area contributed by atoms with Gasteiger partial charge in [-0.05, 0) is 19.3 Å². The van der Waals surface area contributed by atoms with Crippen molar-refractivity contribution in [2.75, 3.05) is 0 Å². The van der Waals surface area contributed by atoms with Gasteiger partial charge in [-0.25, -0.2) is 15.0 Å². The van der Waals surface area contributed by atoms with Gasteiger partial charge in [0.2, 0.25) is 0 Å². The summed E-state index contributed by atoms with van der Waals surface area (Å²) in [5.41, 5.74) is 0. The third-order valence-corrected chi connectivity index (χ3v) is 3.26. The van der Waals surface area contributed by atoms with Crippen molar-refractivity contribution in [3.05, 3.63) is 17.5 Å². The topological polar surface area (TPSA) is 38.7 Å². The minimum Gasteiger partial charge on any atom is -0.218 e. The highest BCUT2D eigenvalue weighted by atomic mass is 15.0. The Morgan fingerprint density at radius 3 is 1.32 bits per heavy atom. The lowest BCUT2D eigenvalue weighted by molar-refractivity contribution is 0.644. The van der Waals surface area contributed by atoms with Crippen LogP contribution in [0.5, 0.6) is 0 Å². The summed E-state index contributed by atoms with van der Waals surface area (Å²) in [6, 6.07) is 0. The van der Waals surface area contributed by atoms with E-state index in [1.807, 2.05) is 0 Å². The molecule has 108 valence electrons. The molecule has 19 heavy (non-hydrogen) atoms. The fourth-order valence-electron chi connectivity index (χ4n) is 2.15. The zero-order valence-electron chi connectivity index (χ0n) is 12.9. The molecule has 0 saturated heterocycles. The zero-order valence-corrected chi connectivity index (χ0v) is 12.9. The van der Waals surface area contributed by atoms with Crippen LogP contribution in [0.4, 0.5) is 0 Å². The van der Waals surface area contributed by atoms with Crippen molar-refractivity contribution in [2.24, 2.45) is 0 Å². The number of hydrogen-bond donors (Lipinski definition) is 0. The van der Waals surface area contributed by atoms with Crippen LogP contribution in [0.15, 0.2) is 0 Å². The van der Waals surface area contributed by atoms with E-state index in [2.05, 4.69) is 35.7 Å². The molecular formula is C16H29N3. The number of rotatable bonds is 10. The molecule has 0 N–H and O–H groups in total. The van der Waals surface area contributed by atoms with E-state index in [0.717, 1.165) is 43.2 Å². The standard InChI is InChI=1S/C16H29N3/c1-4-7-9-12-15-17-14(11-6-3)18-16(19-15)13-10-8-5-2/h4-13H2,1-3H3. The highest BCUT2D eigenvalue weighted by Crippen LogP contribution is 2.07. The van der Waals surface area contributed by atoms with Crippen LogP contribution in [0.2, 0.25) is 0 Å². The van der Waals surface area contributed by atoms with Gasteiger partial charge in [0.15, 0.2) is 0 Å². The van der Waals surface area contributed by atoms with Crippen molar-refractivity contribution in [1.29, 1.82) is 0 Å². The summed E-state index contributed by atoms with van der Waals surface area (Å²) in [6.07, 6.45) is 11.5. The van der Waals surface area contributed by atoms with Crippen molar-refractivity contribution in [3.8, 4) is 0 Å². The second-order valence-electron chi connectivity index (χ2n) is 5.25. The van der Waals surface area contributed by atoms with Gasteiger partial charge in [-0.3, -0.25) is 0 Å². The first-order chi connectivity index (χ1) is 9.30. The van der Waals surface area contributed by atoms with Gasteiger partial charge in [-0.2, -0.15) is 0 Å². The zero-order chi connectivity index (χ0) is 13.9. The molecule has 0 aliphatic rings. The molecule has 1 aromatic rings. The Morgan fingerprint density at radius 1 is 0.526 bits per heavy atom. The maximum absolute atomic E-state index is 4.64. The van der Waals surface area contributed by atoms with Gasteiger partial charge in [0.25, 0.3) is 0 Å². The molecule has 3 heteroatoms. The van der Waals surface area contributed by atoms with Crippen LogP contribution in [0.3, 0.4) is 0 Å². The summed E-state index contributed by atoms with van der Waals surface area (Å²) in [7, 11) is 0. The second kappa shape index (κ2) is 9.88. The van der Waals surface area contributed by atoms with Gasteiger partial charge >= 0.3 is 0 Å². The molecule has 0 radical (unpaired) electrons. The molecule has 0 amide bonds. The van der Waals surface area contributed by atoms with Crippen LogP contribution in [0.1, 0.15) is 83.2 Å². The van der Waals surface area contributed by atoms with E-state index in [-0.39, 0.29) is 0 Å². The highest BCUT2D eigenvalue weighted by Gasteiger charge is 2.06. The van der Waals surface area contributed by atoms with Crippen molar-refractivity contribution in [1.82, 2.24) is 15.0 Å². The van der Waals surface area contributed by atoms with Crippen LogP contribution in [-0.2, 0) is 19.3 Å². The maximum atomic E-state index is 4.64. The van der Waals surface area contributed by atoms with E-state index in [0.29, 0.717) is 0 Å². The van der Waals surface area contributed by atoms with Crippen LogP contribution in [0, 0.1) is 0 Å². The molecule has 0 saturated carbocycles. The van der Waals surface area contributed by atoms with Gasteiger partial charge in [0.1, 0.15) is 17.5 Å². The molecule has 0 bridgehead atoms. The van der Waals surface area contributed by atoms with Gasteiger partial charge in [0.05, 0.1) is 0 Å². The van der Waals surface area contributed by atoms with E-state index in [9.17, 15) is 0 Å². The van der Waals surface area contributed by atoms with Crippen molar-refractivity contribution in [2.45, 2.75) is 85.0 Å². The Kier molecular flexibility index (Phi) is 8.35. The van der Waals surface area contributed by atoms with Crippen molar-refractivity contribution in [3.63, 3.8) is 0 Å². The molecule has 3 nitrogen and oxygen atoms in total. The Hall–Kier alpha value is -0.990. The molecule has 0 fully saturated rings. The average molecular weight is 263 g/mol. The smallest absolute Gasteiger partial charge is 0.132 e. The predicted molar refractivity (Wildman–Crippen MR) is 80.3 cm³/mol. The first-order valence-electron chi connectivity index (χ1n) is 8.02. The predicted octanol–water partition coefficient (Wildman–Crippen LogP) is 4.29. The number of aromatic nitrogens is 3. The lowest BCUT2D eigenvalue weighted by Crippen LogP contribution is -2.08. The Balaban J connectivity index is 2.66. The number of unbranched alkanes of at least 4 members (excludes halogenated alkanes) is 4. The average Bonchev–Trinajstić information content (AvgIpc) is 2.40. The summed E-state index contributed by atoms with van der Waals surface area (Å²) in [5, 5.41) is 0. The molecule has 0 aliphatic carbocycles. The fourth-order valence-corrected chi connectivity index (χ4v) is 2.15. The third kappa shape index (κ3) is 6.65. The molecule has 0 aliphatic heterocycles. The van der Waals surface area contributed by atoms with Gasteiger partial charge in [-0.1, -0.05) is 46.5 Å². The minimum absolute atomic E-state index is 0.976. The summed E-state index contributed by atoms with van der Waals surface area (Å²) in [5.74, 6) is 3.02. The van der Waals surface area contributed by atoms with Crippen LogP contribution < -0.4 is 0 Å². The van der Waals surface area contributed by atoms with E-state index in [1.165, 1.54) is 38.5 Å². The van der Waals surface area contributed by atoms with E-state index in [1.54, 1.807) is 0 Å². The van der Waals surface area contributed by atoms with Crippen molar-refractivity contribution >= 4 is 0 Å². The molecule has 0 unspecified atom stereocenters. The molecule has 0 spiro atoms. The Bertz CT molecular complexity index is 322. The molecule has 1 aromatic heterocycles. The van der Waals surface area contributed by atoms with E-state index < -0.39 is 0 Å². The van der Waals surface area contributed by atoms with Gasteiger partial charge < -0.3 is 0 Å². The van der Waals surface area contributed by atoms with Crippen LogP contribution in [-0.4, -0.2) is 15.0 Å². The summed E-state index contributed by atoms with van der Waals surface area (Å²) < 4.78 is 0. The monoisotopic (exact) mass is 263 g/mol. The molecule has 1 heterocycles. The summed E-state index contributed by atoms with van der Waals surface area (Å²) in [6.45, 7) is 6.63. The van der Waals surface area contributed by atoms with Crippen LogP contribution in [0.25, 0.3) is 0 Å². The SMILES string of the molecule is CCCCCc1nc(CCC)nc(CCCCC)n1. The molecule has 0 aromatic carbocycles. The fraction of sp³-hybridized carbons (Fsp3) is 0.812. The maximum Gasteiger partial charge on any atom is 0.132 e. The number of hydrogen-bond acceptors (Lipinski definition) is 3. The first-order valence-corrected chi connectivity index (χ1v) is 8.02. The highest BCUT2D eigenvalue weighted by molar-refractivity contribution is 4.98. The van der Waals surface area contributed by atoms with Crippen molar-refractivity contribution < 1.29 is 0 Å². The molecule has 1 rings (SSSR count). The number of aryl methyl sites for hydroxylation is 3. The van der Waals surface area contributed by atoms with Gasteiger partial charge in [0, 0.05) is 19.3 Å². The summed E-state index contributed by atoms with van der Waals surface area (Å²) in [4.78, 5) is 13.8. The lowest BCUT2D eigenvalue weighted by atomic mass is 10.2. The largest absolute Gasteiger partial charge is 0.218 e. The van der Waals surface area contributed by atoms with E-state index in [4.69, 9.17) is 0 Å². The minimum atomic E-state index is 0.976. The second-order valence-corrected chi connectivity index (χ2v) is 5.25. The third-order valence-electron chi connectivity index (χ3n) is 3.26. The summed E-state index contributed by atoms with van der Waals surface area (Å²) >= 11 is 0. The van der Waals surface area contributed by atoms with Gasteiger partial charge in [-0.15, -0.1) is 0 Å². The lowest BCUT2D eigenvalue weighted by Gasteiger charge is -2.06.